The third kappa shape index (κ3) is 5.77. The molecule has 1 aromatic rings. The van der Waals surface area contributed by atoms with Crippen molar-refractivity contribution in [3.05, 3.63) is 29.8 Å². The maximum Gasteiger partial charge on any atom is 0.251 e. The van der Waals surface area contributed by atoms with Crippen molar-refractivity contribution in [1.29, 1.82) is 0 Å². The molecule has 1 fully saturated rings. The first kappa shape index (κ1) is 19.8. The predicted molar refractivity (Wildman–Crippen MR) is 94.7 cm³/mol. The van der Waals surface area contributed by atoms with Crippen LogP contribution in [0.1, 0.15) is 16.8 Å². The average Bonchev–Trinajstić information content (AvgIpc) is 2.85. The lowest BCUT2D eigenvalue weighted by molar-refractivity contribution is 0.0951. The molecule has 1 aliphatic heterocycles. The van der Waals surface area contributed by atoms with E-state index in [4.69, 9.17) is 0 Å². The number of benzene rings is 1. The van der Waals surface area contributed by atoms with Crippen molar-refractivity contribution in [2.45, 2.75) is 17.4 Å². The molecule has 1 aromatic carbocycles. The van der Waals surface area contributed by atoms with E-state index in [1.165, 1.54) is 24.3 Å². The van der Waals surface area contributed by atoms with Gasteiger partial charge in [-0.05, 0) is 38.7 Å². The Morgan fingerprint density at radius 2 is 2.04 bits per heavy atom. The molecule has 0 saturated carbocycles. The van der Waals surface area contributed by atoms with Gasteiger partial charge in [0.25, 0.3) is 5.91 Å². The summed E-state index contributed by atoms with van der Waals surface area (Å²) in [4.78, 5) is 14.0. The van der Waals surface area contributed by atoms with Crippen LogP contribution in [0.15, 0.2) is 29.2 Å². The molecule has 0 radical (unpaired) electrons. The van der Waals surface area contributed by atoms with Crippen molar-refractivity contribution in [2.75, 3.05) is 38.7 Å². The van der Waals surface area contributed by atoms with Crippen LogP contribution in [0.3, 0.4) is 0 Å². The molecule has 1 amide bonds. The van der Waals surface area contributed by atoms with E-state index in [-0.39, 0.29) is 34.3 Å². The lowest BCUT2D eigenvalue weighted by Gasteiger charge is -2.13. The number of carbonyl (C=O) groups excluding carboxylic acids is 1. The van der Waals surface area contributed by atoms with Gasteiger partial charge in [-0.1, -0.05) is 6.07 Å². The van der Waals surface area contributed by atoms with Crippen LogP contribution < -0.4 is 10.0 Å². The van der Waals surface area contributed by atoms with Gasteiger partial charge >= 0.3 is 0 Å². The summed E-state index contributed by atoms with van der Waals surface area (Å²) in [7, 11) is -3.30. The molecule has 0 aliphatic carbocycles. The van der Waals surface area contributed by atoms with Crippen LogP contribution in [0.2, 0.25) is 0 Å². The summed E-state index contributed by atoms with van der Waals surface area (Å²) in [5.74, 6) is -0.576. The van der Waals surface area contributed by atoms with Crippen LogP contribution in [0, 0.1) is 0 Å². The second-order valence-corrected chi connectivity index (χ2v) is 10.3. The van der Waals surface area contributed by atoms with Gasteiger partial charge in [0.1, 0.15) is 0 Å². The van der Waals surface area contributed by atoms with Crippen LogP contribution in [0.25, 0.3) is 0 Å². The first-order chi connectivity index (χ1) is 11.6. The lowest BCUT2D eigenvalue weighted by atomic mass is 10.2. The van der Waals surface area contributed by atoms with E-state index in [1.807, 2.05) is 19.0 Å². The summed E-state index contributed by atoms with van der Waals surface area (Å²) in [5.41, 5.74) is 0.237. The van der Waals surface area contributed by atoms with Crippen LogP contribution in [0.4, 0.5) is 0 Å². The fourth-order valence-corrected chi connectivity index (χ4v) is 5.57. The zero-order chi connectivity index (χ0) is 18.7. The summed E-state index contributed by atoms with van der Waals surface area (Å²) in [6.45, 7) is 1.11. The highest BCUT2D eigenvalue weighted by atomic mass is 32.2. The van der Waals surface area contributed by atoms with Crippen LogP contribution in [-0.2, 0) is 19.9 Å². The maximum atomic E-state index is 12.4. The molecular weight excluding hydrogens is 366 g/mol. The topological polar surface area (TPSA) is 113 Å². The van der Waals surface area contributed by atoms with Crippen molar-refractivity contribution < 1.29 is 21.6 Å². The van der Waals surface area contributed by atoms with Gasteiger partial charge in [0.2, 0.25) is 10.0 Å². The third-order valence-electron chi connectivity index (χ3n) is 3.81. The number of hydrogen-bond donors (Lipinski definition) is 2. The van der Waals surface area contributed by atoms with Gasteiger partial charge in [-0.25, -0.2) is 21.6 Å². The fourth-order valence-electron chi connectivity index (χ4n) is 2.48. The Kier molecular flexibility index (Phi) is 6.20. The number of nitrogens with one attached hydrogen (secondary N) is 2. The molecule has 1 saturated heterocycles. The van der Waals surface area contributed by atoms with Gasteiger partial charge in [0.05, 0.1) is 16.4 Å². The maximum absolute atomic E-state index is 12.4. The number of sulfonamides is 1. The summed E-state index contributed by atoms with van der Waals surface area (Å²) >= 11 is 0. The smallest absolute Gasteiger partial charge is 0.251 e. The Labute approximate surface area is 148 Å². The predicted octanol–water partition coefficient (Wildman–Crippen LogP) is -0.557. The zero-order valence-corrected chi connectivity index (χ0v) is 15.9. The number of hydrogen-bond acceptors (Lipinski definition) is 6. The largest absolute Gasteiger partial charge is 0.351 e. The van der Waals surface area contributed by atoms with E-state index >= 15 is 0 Å². The summed E-state index contributed by atoms with van der Waals surface area (Å²) in [5, 5.41) is 2.72. The first-order valence-electron chi connectivity index (χ1n) is 7.85. The van der Waals surface area contributed by atoms with Gasteiger partial charge in [-0.3, -0.25) is 4.79 Å². The SMILES string of the molecule is CN(C)CCNC(=O)c1cccc(S(=O)(=O)NC2CCS(=O)(=O)C2)c1. The molecule has 140 valence electrons. The van der Waals surface area contributed by atoms with E-state index < -0.39 is 25.9 Å². The normalized spacial score (nSPS) is 19.9. The molecule has 8 nitrogen and oxygen atoms in total. The lowest BCUT2D eigenvalue weighted by Crippen LogP contribution is -2.35. The Morgan fingerprint density at radius 1 is 1.32 bits per heavy atom. The second-order valence-electron chi connectivity index (χ2n) is 6.31. The molecule has 2 rings (SSSR count). The van der Waals surface area contributed by atoms with Gasteiger partial charge < -0.3 is 10.2 Å². The van der Waals surface area contributed by atoms with Crippen molar-refractivity contribution >= 4 is 25.8 Å². The van der Waals surface area contributed by atoms with Crippen LogP contribution in [-0.4, -0.2) is 72.4 Å². The van der Waals surface area contributed by atoms with Crippen LogP contribution >= 0.6 is 0 Å². The molecule has 1 unspecified atom stereocenters. The highest BCUT2D eigenvalue weighted by Crippen LogP contribution is 2.17. The number of rotatable bonds is 7. The van der Waals surface area contributed by atoms with E-state index in [9.17, 15) is 21.6 Å². The minimum absolute atomic E-state index is 0.0193. The van der Waals surface area contributed by atoms with Crippen molar-refractivity contribution in [1.82, 2.24) is 14.9 Å². The van der Waals surface area contributed by atoms with E-state index in [2.05, 4.69) is 10.0 Å². The molecule has 25 heavy (non-hydrogen) atoms. The number of carbonyl (C=O) groups is 1. The Hall–Kier alpha value is -1.49. The minimum Gasteiger partial charge on any atom is -0.351 e. The standard InChI is InChI=1S/C15H23N3O5S2/c1-18(2)8-7-16-15(19)12-4-3-5-14(10-12)25(22,23)17-13-6-9-24(20,21)11-13/h3-5,10,13,17H,6-9,11H2,1-2H3,(H,16,19). The number of sulfone groups is 1. The Balaban J connectivity index is 2.07. The Bertz CT molecular complexity index is 834. The van der Waals surface area contributed by atoms with Gasteiger partial charge in [-0.2, -0.15) is 0 Å². The molecule has 2 N–H and O–H groups in total. The number of amides is 1. The van der Waals surface area contributed by atoms with E-state index in [1.54, 1.807) is 0 Å². The molecule has 1 heterocycles. The van der Waals surface area contributed by atoms with Gasteiger partial charge in [0.15, 0.2) is 9.84 Å². The van der Waals surface area contributed by atoms with Crippen molar-refractivity contribution in [3.63, 3.8) is 0 Å². The summed E-state index contributed by atoms with van der Waals surface area (Å²) < 4.78 is 50.2. The average molecular weight is 389 g/mol. The molecule has 1 atom stereocenters. The number of nitrogens with zero attached hydrogens (tertiary/aromatic N) is 1. The number of likely N-dealkylation sites (N-methyl/N-ethyl adjacent to an activating group) is 1. The van der Waals surface area contributed by atoms with E-state index in [0.717, 1.165) is 0 Å². The van der Waals surface area contributed by atoms with Gasteiger partial charge in [0, 0.05) is 24.7 Å². The highest BCUT2D eigenvalue weighted by Gasteiger charge is 2.31. The molecule has 0 bridgehead atoms. The molecule has 10 heteroatoms. The highest BCUT2D eigenvalue weighted by molar-refractivity contribution is 7.92. The van der Waals surface area contributed by atoms with E-state index in [0.29, 0.717) is 13.1 Å². The monoisotopic (exact) mass is 389 g/mol. The van der Waals surface area contributed by atoms with Crippen molar-refractivity contribution in [2.24, 2.45) is 0 Å². The Morgan fingerprint density at radius 3 is 2.64 bits per heavy atom. The van der Waals surface area contributed by atoms with Gasteiger partial charge in [-0.15, -0.1) is 0 Å². The van der Waals surface area contributed by atoms with Crippen LogP contribution in [0.5, 0.6) is 0 Å². The zero-order valence-electron chi connectivity index (χ0n) is 14.2. The minimum atomic E-state index is -3.89. The second kappa shape index (κ2) is 7.81. The first-order valence-corrected chi connectivity index (χ1v) is 11.2. The summed E-state index contributed by atoms with van der Waals surface area (Å²) in [6, 6.07) is 5.05. The molecule has 0 spiro atoms. The fraction of sp³-hybridized carbons (Fsp3) is 0.533. The quantitative estimate of drug-likeness (QED) is 0.647. The third-order valence-corrected chi connectivity index (χ3v) is 7.09. The molecular formula is C15H23N3O5S2. The molecule has 1 aliphatic rings. The summed E-state index contributed by atoms with van der Waals surface area (Å²) in [6.07, 6.45) is 0.256. The van der Waals surface area contributed by atoms with Crippen molar-refractivity contribution in [3.8, 4) is 0 Å². The molecule has 0 aromatic heterocycles.